The van der Waals surface area contributed by atoms with E-state index < -0.39 is 17.7 Å². The first-order valence-electron chi connectivity index (χ1n) is 15.6. The zero-order valence-electron chi connectivity index (χ0n) is 27.5. The molecule has 9 nitrogen and oxygen atoms in total. The largest absolute Gasteiger partial charge is 0.492 e. The van der Waals surface area contributed by atoms with Crippen LogP contribution in [0.4, 0.5) is 26.7 Å². The quantitative estimate of drug-likeness (QED) is 0.156. The van der Waals surface area contributed by atoms with E-state index in [1.807, 2.05) is 62.4 Å². The van der Waals surface area contributed by atoms with Crippen molar-refractivity contribution < 1.29 is 23.8 Å². The maximum Gasteiger partial charge on any atom is 0.411 e. The van der Waals surface area contributed by atoms with Crippen LogP contribution in [0.3, 0.4) is 0 Å². The van der Waals surface area contributed by atoms with E-state index in [4.69, 9.17) is 19.9 Å². The number of benzene rings is 4. The second kappa shape index (κ2) is 13.4. The minimum atomic E-state index is -0.622. The molecule has 1 fully saturated rings. The van der Waals surface area contributed by atoms with Gasteiger partial charge in [-0.25, -0.2) is 9.59 Å². The fraction of sp³-hybridized carbons (Fsp3) is 0.351. The van der Waals surface area contributed by atoms with Crippen molar-refractivity contribution in [3.8, 4) is 16.9 Å². The Morgan fingerprint density at radius 3 is 2.11 bits per heavy atom. The number of rotatable bonds is 8. The highest BCUT2D eigenvalue weighted by Gasteiger charge is 2.24. The molecule has 1 atom stereocenters. The Labute approximate surface area is 270 Å². The topological polar surface area (TPSA) is 124 Å². The van der Waals surface area contributed by atoms with Crippen molar-refractivity contribution in [2.45, 2.75) is 64.5 Å². The van der Waals surface area contributed by atoms with Crippen LogP contribution in [0, 0.1) is 0 Å². The molecule has 3 amide bonds. The summed E-state index contributed by atoms with van der Waals surface area (Å²) in [6.07, 6.45) is 1.10. The standard InChI is InChI=1S/C37H44N4O5/c1-36(2,3)25-20-31(33(44-6)32(21-25)41-35(43)46-22-26-10-9-19-45-26)40-34(42)39-30-18-17-27(28-11-7-8-12-29(28)30)23-13-15-24(16-14-23)37(4,5)38/h7-8,11-18,20-21,26H,9-10,19,22,38H2,1-6H3,(H,41,43)(H2,39,40,42). The number of ether oxygens (including phenoxy) is 3. The molecule has 5 N–H and O–H groups in total. The number of carbonyl (C=O) groups excluding carboxylic acids is 2. The lowest BCUT2D eigenvalue weighted by Gasteiger charge is -2.24. The van der Waals surface area contributed by atoms with E-state index in [9.17, 15) is 9.59 Å². The molecule has 1 unspecified atom stereocenters. The fourth-order valence-corrected chi connectivity index (χ4v) is 5.57. The number of methoxy groups -OCH3 is 1. The molecule has 0 aliphatic carbocycles. The minimum absolute atomic E-state index is 0.0938. The van der Waals surface area contributed by atoms with Crippen molar-refractivity contribution in [3.63, 3.8) is 0 Å². The van der Waals surface area contributed by atoms with Crippen LogP contribution in [0.5, 0.6) is 5.75 Å². The number of anilines is 3. The molecule has 0 aromatic heterocycles. The van der Waals surface area contributed by atoms with Gasteiger partial charge in [-0.15, -0.1) is 0 Å². The van der Waals surface area contributed by atoms with Crippen molar-refractivity contribution >= 4 is 40.0 Å². The van der Waals surface area contributed by atoms with Crippen LogP contribution in [-0.4, -0.2) is 38.6 Å². The molecular weight excluding hydrogens is 580 g/mol. The molecule has 0 saturated carbocycles. The highest BCUT2D eigenvalue weighted by atomic mass is 16.6. The molecule has 0 radical (unpaired) electrons. The van der Waals surface area contributed by atoms with Gasteiger partial charge in [0.05, 0.1) is 30.3 Å². The Morgan fingerprint density at radius 2 is 1.50 bits per heavy atom. The van der Waals surface area contributed by atoms with E-state index in [1.165, 1.54) is 7.11 Å². The molecule has 242 valence electrons. The molecule has 5 rings (SSSR count). The van der Waals surface area contributed by atoms with Gasteiger partial charge in [0.1, 0.15) is 6.61 Å². The molecule has 0 bridgehead atoms. The molecule has 4 aromatic carbocycles. The first-order valence-corrected chi connectivity index (χ1v) is 15.6. The lowest BCUT2D eigenvalue weighted by molar-refractivity contribution is 0.0484. The highest BCUT2D eigenvalue weighted by molar-refractivity contribution is 6.10. The number of carbonyl (C=O) groups is 2. The minimum Gasteiger partial charge on any atom is -0.492 e. The lowest BCUT2D eigenvalue weighted by atomic mass is 9.86. The van der Waals surface area contributed by atoms with Crippen LogP contribution in [0.25, 0.3) is 21.9 Å². The molecule has 1 heterocycles. The van der Waals surface area contributed by atoms with Gasteiger partial charge in [0, 0.05) is 17.5 Å². The van der Waals surface area contributed by atoms with Crippen molar-refractivity contribution in [2.75, 3.05) is 36.3 Å². The molecular formula is C37H44N4O5. The normalized spacial score (nSPS) is 15.0. The number of hydrogen-bond donors (Lipinski definition) is 4. The summed E-state index contributed by atoms with van der Waals surface area (Å²) in [5, 5.41) is 10.7. The van der Waals surface area contributed by atoms with E-state index in [1.54, 1.807) is 0 Å². The van der Waals surface area contributed by atoms with Gasteiger partial charge in [0.15, 0.2) is 5.75 Å². The van der Waals surface area contributed by atoms with Gasteiger partial charge in [-0.3, -0.25) is 5.32 Å². The summed E-state index contributed by atoms with van der Waals surface area (Å²) in [6, 6.07) is 23.3. The van der Waals surface area contributed by atoms with Gasteiger partial charge in [-0.1, -0.05) is 75.4 Å². The maximum absolute atomic E-state index is 13.5. The smallest absolute Gasteiger partial charge is 0.411 e. The summed E-state index contributed by atoms with van der Waals surface area (Å²) in [4.78, 5) is 26.2. The molecule has 9 heteroatoms. The van der Waals surface area contributed by atoms with Crippen LogP contribution >= 0.6 is 0 Å². The maximum atomic E-state index is 13.5. The van der Waals surface area contributed by atoms with Crippen molar-refractivity contribution in [3.05, 3.63) is 83.9 Å². The van der Waals surface area contributed by atoms with Crippen LogP contribution in [0.2, 0.25) is 0 Å². The summed E-state index contributed by atoms with van der Waals surface area (Å²) < 4.78 is 16.7. The fourth-order valence-electron chi connectivity index (χ4n) is 5.57. The van der Waals surface area contributed by atoms with Gasteiger partial charge < -0.3 is 30.6 Å². The second-order valence-corrected chi connectivity index (χ2v) is 13.3. The summed E-state index contributed by atoms with van der Waals surface area (Å²) >= 11 is 0. The third-order valence-corrected chi connectivity index (χ3v) is 8.18. The van der Waals surface area contributed by atoms with Crippen molar-refractivity contribution in [2.24, 2.45) is 5.73 Å². The van der Waals surface area contributed by atoms with Gasteiger partial charge in [-0.2, -0.15) is 0 Å². The second-order valence-electron chi connectivity index (χ2n) is 13.3. The van der Waals surface area contributed by atoms with Gasteiger partial charge in [0.25, 0.3) is 0 Å². The van der Waals surface area contributed by atoms with Crippen LogP contribution < -0.4 is 26.4 Å². The molecule has 0 spiro atoms. The number of hydrogen-bond acceptors (Lipinski definition) is 6. The Morgan fingerprint density at radius 1 is 0.848 bits per heavy atom. The Balaban J connectivity index is 1.39. The van der Waals surface area contributed by atoms with E-state index in [0.29, 0.717) is 29.4 Å². The highest BCUT2D eigenvalue weighted by Crippen LogP contribution is 2.39. The average Bonchev–Trinajstić information content (AvgIpc) is 3.53. The van der Waals surface area contributed by atoms with Crippen LogP contribution in [-0.2, 0) is 20.4 Å². The summed E-state index contributed by atoms with van der Waals surface area (Å²) in [7, 11) is 1.49. The first kappa shape index (κ1) is 32.8. The number of amides is 3. The predicted octanol–water partition coefficient (Wildman–Crippen LogP) is 8.38. The lowest BCUT2D eigenvalue weighted by Crippen LogP contribution is -2.28. The predicted molar refractivity (Wildman–Crippen MR) is 185 cm³/mol. The van der Waals surface area contributed by atoms with Crippen molar-refractivity contribution in [1.82, 2.24) is 0 Å². The molecule has 1 saturated heterocycles. The van der Waals surface area contributed by atoms with Gasteiger partial charge >= 0.3 is 12.1 Å². The SMILES string of the molecule is COc1c(NC(=O)Nc2ccc(-c3ccc(C(C)(C)N)cc3)c3ccccc23)cc(C(C)(C)C)cc1NC(=O)OCC1CCCO1. The number of nitrogens with one attached hydrogen (secondary N) is 3. The Kier molecular flexibility index (Phi) is 9.55. The number of fused-ring (bicyclic) bond motifs is 1. The van der Waals surface area contributed by atoms with E-state index in [0.717, 1.165) is 45.9 Å². The van der Waals surface area contributed by atoms with Crippen LogP contribution in [0.15, 0.2) is 72.8 Å². The number of urea groups is 1. The Bertz CT molecular complexity index is 1720. The summed E-state index contributed by atoms with van der Waals surface area (Å²) in [6.45, 7) is 11.0. The third-order valence-electron chi connectivity index (χ3n) is 8.18. The van der Waals surface area contributed by atoms with Crippen LogP contribution in [0.1, 0.15) is 58.6 Å². The number of nitrogens with two attached hydrogens (primary N) is 1. The van der Waals surface area contributed by atoms with Gasteiger partial charge in [0.2, 0.25) is 0 Å². The van der Waals surface area contributed by atoms with Crippen molar-refractivity contribution in [1.29, 1.82) is 0 Å². The molecule has 4 aromatic rings. The van der Waals surface area contributed by atoms with E-state index >= 15 is 0 Å². The first-order chi connectivity index (χ1) is 21.8. The average molecular weight is 625 g/mol. The van der Waals surface area contributed by atoms with Gasteiger partial charge in [-0.05, 0) is 77.9 Å². The molecule has 1 aliphatic rings. The zero-order valence-corrected chi connectivity index (χ0v) is 27.5. The summed E-state index contributed by atoms with van der Waals surface area (Å²) in [5.41, 5.74) is 11.1. The Hall–Kier alpha value is -4.60. The molecule has 46 heavy (non-hydrogen) atoms. The summed E-state index contributed by atoms with van der Waals surface area (Å²) in [5.74, 6) is 0.307. The monoisotopic (exact) mass is 624 g/mol. The zero-order chi connectivity index (χ0) is 33.1. The third kappa shape index (κ3) is 7.61. The van der Waals surface area contributed by atoms with E-state index in [-0.39, 0.29) is 18.1 Å². The van der Waals surface area contributed by atoms with E-state index in [2.05, 4.69) is 61.0 Å². The molecule has 1 aliphatic heterocycles.